The number of benzene rings is 2. The number of thiazole rings is 1. The lowest BCUT2D eigenvalue weighted by molar-refractivity contribution is 0.102. The van der Waals surface area contributed by atoms with Crippen LogP contribution in [0.15, 0.2) is 58.4 Å². The predicted molar refractivity (Wildman–Crippen MR) is 107 cm³/mol. The number of rotatable bonds is 4. The van der Waals surface area contributed by atoms with Crippen molar-refractivity contribution in [2.75, 3.05) is 5.32 Å². The van der Waals surface area contributed by atoms with Gasteiger partial charge in [-0.25, -0.2) is 9.37 Å². The molecule has 0 saturated carbocycles. The number of amides is 1. The van der Waals surface area contributed by atoms with E-state index in [9.17, 15) is 9.18 Å². The van der Waals surface area contributed by atoms with Crippen molar-refractivity contribution in [3.8, 4) is 22.5 Å². The second-order valence-corrected chi connectivity index (χ2v) is 7.21. The fraction of sp³-hybridized carbons (Fsp3) is 0.0500. The molecule has 2 aromatic carbocycles. The molecule has 8 heteroatoms. The summed E-state index contributed by atoms with van der Waals surface area (Å²) in [4.78, 5) is 17.3. The molecule has 28 heavy (non-hydrogen) atoms. The van der Waals surface area contributed by atoms with E-state index in [0.717, 1.165) is 5.56 Å². The Bertz CT molecular complexity index is 1150. The van der Waals surface area contributed by atoms with E-state index < -0.39 is 5.91 Å². The van der Waals surface area contributed by atoms with Gasteiger partial charge in [0.1, 0.15) is 22.8 Å². The topological polar surface area (TPSA) is 68.0 Å². The van der Waals surface area contributed by atoms with Gasteiger partial charge in [0.25, 0.3) is 5.91 Å². The summed E-state index contributed by atoms with van der Waals surface area (Å²) in [6, 6.07) is 13.1. The maximum absolute atomic E-state index is 13.1. The second-order valence-electron chi connectivity index (χ2n) is 5.94. The molecule has 0 unspecified atom stereocenters. The highest BCUT2D eigenvalue weighted by molar-refractivity contribution is 7.14. The molecule has 0 radical (unpaired) electrons. The smallest absolute Gasteiger partial charge is 0.263 e. The van der Waals surface area contributed by atoms with Crippen LogP contribution in [0, 0.1) is 12.7 Å². The van der Waals surface area contributed by atoms with Gasteiger partial charge in [0, 0.05) is 16.5 Å². The molecule has 2 aromatic heterocycles. The number of nitrogens with one attached hydrogen (secondary N) is 1. The highest BCUT2D eigenvalue weighted by Crippen LogP contribution is 2.32. The number of carbonyl (C=O) groups excluding carboxylic acids is 1. The van der Waals surface area contributed by atoms with Gasteiger partial charge in [0.05, 0.1) is 10.7 Å². The van der Waals surface area contributed by atoms with Gasteiger partial charge in [-0.2, -0.15) is 0 Å². The summed E-state index contributed by atoms with van der Waals surface area (Å²) in [5.74, 6) is -0.334. The van der Waals surface area contributed by atoms with Crippen molar-refractivity contribution in [1.82, 2.24) is 10.1 Å². The van der Waals surface area contributed by atoms with Gasteiger partial charge in [-0.1, -0.05) is 35.0 Å². The third-order valence-electron chi connectivity index (χ3n) is 4.08. The normalized spacial score (nSPS) is 10.8. The molecule has 0 aliphatic heterocycles. The Kier molecular flexibility index (Phi) is 4.93. The zero-order chi connectivity index (χ0) is 19.7. The Hall–Kier alpha value is -3.03. The molecule has 4 rings (SSSR count). The molecular weight excluding hydrogens is 401 g/mol. The Labute approximate surface area is 168 Å². The molecule has 0 saturated heterocycles. The number of hydrogen-bond acceptors (Lipinski definition) is 5. The van der Waals surface area contributed by atoms with Crippen LogP contribution >= 0.6 is 22.9 Å². The first-order chi connectivity index (χ1) is 13.5. The Morgan fingerprint density at radius 1 is 1.18 bits per heavy atom. The van der Waals surface area contributed by atoms with Gasteiger partial charge < -0.3 is 4.52 Å². The van der Waals surface area contributed by atoms with Crippen LogP contribution in [0.5, 0.6) is 0 Å². The number of aromatic nitrogens is 2. The molecule has 4 aromatic rings. The van der Waals surface area contributed by atoms with Crippen molar-refractivity contribution in [2.45, 2.75) is 6.92 Å². The zero-order valence-corrected chi connectivity index (χ0v) is 16.1. The van der Waals surface area contributed by atoms with Gasteiger partial charge >= 0.3 is 0 Å². The average molecular weight is 414 g/mol. The number of carbonyl (C=O) groups is 1. The number of aryl methyl sites for hydroxylation is 1. The van der Waals surface area contributed by atoms with Crippen molar-refractivity contribution in [3.63, 3.8) is 0 Å². The lowest BCUT2D eigenvalue weighted by Crippen LogP contribution is -2.13. The van der Waals surface area contributed by atoms with E-state index in [0.29, 0.717) is 38.4 Å². The average Bonchev–Trinajstić information content (AvgIpc) is 3.29. The third kappa shape index (κ3) is 3.54. The van der Waals surface area contributed by atoms with Gasteiger partial charge in [-0.15, -0.1) is 11.3 Å². The molecule has 0 aliphatic carbocycles. The maximum atomic E-state index is 13.1. The predicted octanol–water partition coefficient (Wildman–Crippen LogP) is 5.82. The number of hydrogen-bond donors (Lipinski definition) is 1. The largest absolute Gasteiger partial charge is 0.360 e. The first kappa shape index (κ1) is 18.3. The molecule has 0 fully saturated rings. The molecule has 0 spiro atoms. The van der Waals surface area contributed by atoms with E-state index in [2.05, 4.69) is 15.5 Å². The molecule has 2 heterocycles. The summed E-state index contributed by atoms with van der Waals surface area (Å²) < 4.78 is 18.3. The van der Waals surface area contributed by atoms with Gasteiger partial charge in [-0.3, -0.25) is 10.1 Å². The Morgan fingerprint density at radius 3 is 2.68 bits per heavy atom. The summed E-state index contributed by atoms with van der Waals surface area (Å²) >= 11 is 7.51. The molecule has 140 valence electrons. The monoisotopic (exact) mass is 413 g/mol. The number of anilines is 1. The molecule has 0 atom stereocenters. The summed E-state index contributed by atoms with van der Waals surface area (Å²) in [7, 11) is 0. The van der Waals surface area contributed by atoms with Crippen LogP contribution in [0.4, 0.5) is 9.52 Å². The van der Waals surface area contributed by atoms with E-state index in [1.165, 1.54) is 23.5 Å². The highest BCUT2D eigenvalue weighted by atomic mass is 35.5. The zero-order valence-electron chi connectivity index (χ0n) is 14.6. The van der Waals surface area contributed by atoms with E-state index in [1.807, 2.05) is 6.07 Å². The van der Waals surface area contributed by atoms with E-state index in [1.54, 1.807) is 42.6 Å². The number of nitrogens with zero attached hydrogens (tertiary/aromatic N) is 2. The first-order valence-corrected chi connectivity index (χ1v) is 9.52. The van der Waals surface area contributed by atoms with Crippen LogP contribution < -0.4 is 5.32 Å². The van der Waals surface area contributed by atoms with Crippen LogP contribution in [-0.4, -0.2) is 16.0 Å². The minimum absolute atomic E-state index is 0.298. The fourth-order valence-electron chi connectivity index (χ4n) is 2.72. The minimum atomic E-state index is -0.395. The Morgan fingerprint density at radius 2 is 1.93 bits per heavy atom. The van der Waals surface area contributed by atoms with Crippen LogP contribution in [0.2, 0.25) is 5.02 Å². The van der Waals surface area contributed by atoms with Crippen molar-refractivity contribution >= 4 is 34.0 Å². The summed E-state index contributed by atoms with van der Waals surface area (Å²) in [5.41, 5.74) is 2.68. The van der Waals surface area contributed by atoms with Gasteiger partial charge in [0.15, 0.2) is 5.13 Å². The van der Waals surface area contributed by atoms with Crippen LogP contribution in [0.3, 0.4) is 0 Å². The molecule has 0 aliphatic rings. The third-order valence-corrected chi connectivity index (χ3v) is 5.17. The van der Waals surface area contributed by atoms with E-state index in [-0.39, 0.29) is 5.82 Å². The van der Waals surface area contributed by atoms with Gasteiger partial charge in [0.2, 0.25) is 0 Å². The van der Waals surface area contributed by atoms with Crippen molar-refractivity contribution in [1.29, 1.82) is 0 Å². The standard InChI is InChI=1S/C20H13ClFN3O2S/c1-11-17(18(25-27-11)14-4-2-3-5-15(14)21)19(26)24-20-23-16(10-28-20)12-6-8-13(22)9-7-12/h2-10H,1H3,(H,23,24,26). The molecular formula is C20H13ClFN3O2S. The number of halogens is 2. The van der Waals surface area contributed by atoms with E-state index >= 15 is 0 Å². The maximum Gasteiger partial charge on any atom is 0.263 e. The molecule has 5 nitrogen and oxygen atoms in total. The van der Waals surface area contributed by atoms with Crippen LogP contribution in [0.25, 0.3) is 22.5 Å². The van der Waals surface area contributed by atoms with E-state index in [4.69, 9.17) is 16.1 Å². The van der Waals surface area contributed by atoms with Crippen molar-refractivity contribution < 1.29 is 13.7 Å². The highest BCUT2D eigenvalue weighted by Gasteiger charge is 2.23. The Balaban J connectivity index is 1.61. The minimum Gasteiger partial charge on any atom is -0.360 e. The lowest BCUT2D eigenvalue weighted by Gasteiger charge is -2.04. The van der Waals surface area contributed by atoms with Crippen molar-refractivity contribution in [3.05, 3.63) is 76.1 Å². The lowest BCUT2D eigenvalue weighted by atomic mass is 10.1. The van der Waals surface area contributed by atoms with Crippen molar-refractivity contribution in [2.24, 2.45) is 0 Å². The van der Waals surface area contributed by atoms with Gasteiger partial charge in [-0.05, 0) is 37.3 Å². The summed E-state index contributed by atoms with van der Waals surface area (Å²) in [6.45, 7) is 1.66. The van der Waals surface area contributed by atoms with Crippen LogP contribution in [0.1, 0.15) is 16.1 Å². The quantitative estimate of drug-likeness (QED) is 0.457. The summed E-state index contributed by atoms with van der Waals surface area (Å²) in [6.07, 6.45) is 0. The molecule has 1 N–H and O–H groups in total. The van der Waals surface area contributed by atoms with Crippen LogP contribution in [-0.2, 0) is 0 Å². The molecule has 1 amide bonds. The summed E-state index contributed by atoms with van der Waals surface area (Å²) in [5, 5.41) is 9.44. The first-order valence-electron chi connectivity index (χ1n) is 8.27. The molecule has 0 bridgehead atoms. The SMILES string of the molecule is Cc1onc(-c2ccccc2Cl)c1C(=O)Nc1nc(-c2ccc(F)cc2)cs1. The fourth-order valence-corrected chi connectivity index (χ4v) is 3.66. The second kappa shape index (κ2) is 7.53.